The molecule has 2 rings (SSSR count). The molecule has 2 saturated heterocycles. The van der Waals surface area contributed by atoms with Crippen molar-refractivity contribution >= 4 is 0 Å². The highest BCUT2D eigenvalue weighted by Crippen LogP contribution is 2.41. The molecule has 2 atom stereocenters. The number of nitrogens with zero attached hydrogens (tertiary/aromatic N) is 1. The molecule has 3 heteroatoms. The lowest BCUT2D eigenvalue weighted by Gasteiger charge is -2.43. The van der Waals surface area contributed by atoms with Gasteiger partial charge >= 0.3 is 0 Å². The molecule has 2 aliphatic rings. The maximum Gasteiger partial charge on any atom is 0.0789 e. The van der Waals surface area contributed by atoms with Crippen LogP contribution >= 0.6 is 0 Å². The van der Waals surface area contributed by atoms with Crippen molar-refractivity contribution in [3.8, 4) is 0 Å². The summed E-state index contributed by atoms with van der Waals surface area (Å²) in [6.45, 7) is 10.8. The lowest BCUT2D eigenvalue weighted by atomic mass is 9.89. The molecule has 0 aromatic carbocycles. The van der Waals surface area contributed by atoms with Gasteiger partial charge in [0.2, 0.25) is 0 Å². The fourth-order valence-corrected chi connectivity index (χ4v) is 3.74. The number of rotatable bonds is 2. The zero-order valence-corrected chi connectivity index (χ0v) is 11.8. The summed E-state index contributed by atoms with van der Waals surface area (Å²) in [4.78, 5) is 2.62. The standard InChI is InChI=1S/C14H28N2O/c1-13(2)9-12(14(3,4)17-13)16-8-6-5-7-11(16)10-15/h11-12H,5-10,15H2,1-4H3. The Labute approximate surface area is 106 Å². The van der Waals surface area contributed by atoms with Crippen LogP contribution in [0.25, 0.3) is 0 Å². The van der Waals surface area contributed by atoms with Gasteiger partial charge in [-0.15, -0.1) is 0 Å². The topological polar surface area (TPSA) is 38.5 Å². The van der Waals surface area contributed by atoms with E-state index in [0.29, 0.717) is 12.1 Å². The van der Waals surface area contributed by atoms with Gasteiger partial charge in [0, 0.05) is 18.6 Å². The summed E-state index contributed by atoms with van der Waals surface area (Å²) >= 11 is 0. The van der Waals surface area contributed by atoms with E-state index in [1.165, 1.54) is 25.8 Å². The Morgan fingerprint density at radius 2 is 1.94 bits per heavy atom. The average Bonchev–Trinajstić information content (AvgIpc) is 2.46. The molecule has 17 heavy (non-hydrogen) atoms. The van der Waals surface area contributed by atoms with Gasteiger partial charge in [0.1, 0.15) is 0 Å². The van der Waals surface area contributed by atoms with Crippen LogP contribution < -0.4 is 5.73 Å². The van der Waals surface area contributed by atoms with Crippen LogP contribution in [0.5, 0.6) is 0 Å². The van der Waals surface area contributed by atoms with Crippen molar-refractivity contribution in [3.63, 3.8) is 0 Å². The molecule has 0 aromatic rings. The smallest absolute Gasteiger partial charge is 0.0789 e. The fraction of sp³-hybridized carbons (Fsp3) is 1.00. The highest BCUT2D eigenvalue weighted by atomic mass is 16.5. The molecule has 0 radical (unpaired) electrons. The normalized spacial score (nSPS) is 37.2. The minimum Gasteiger partial charge on any atom is -0.368 e. The van der Waals surface area contributed by atoms with E-state index in [2.05, 4.69) is 32.6 Å². The van der Waals surface area contributed by atoms with Gasteiger partial charge in [-0.2, -0.15) is 0 Å². The van der Waals surface area contributed by atoms with E-state index in [9.17, 15) is 0 Å². The van der Waals surface area contributed by atoms with Crippen molar-refractivity contribution < 1.29 is 4.74 Å². The zero-order valence-electron chi connectivity index (χ0n) is 11.8. The van der Waals surface area contributed by atoms with E-state index in [0.717, 1.165) is 13.0 Å². The first kappa shape index (κ1) is 13.3. The number of nitrogens with two attached hydrogens (primary N) is 1. The second-order valence-electron chi connectivity index (χ2n) is 6.81. The van der Waals surface area contributed by atoms with E-state index in [4.69, 9.17) is 10.5 Å². The number of hydrogen-bond donors (Lipinski definition) is 1. The third-order valence-corrected chi connectivity index (χ3v) is 4.37. The van der Waals surface area contributed by atoms with Crippen molar-refractivity contribution in [2.75, 3.05) is 13.1 Å². The van der Waals surface area contributed by atoms with Gasteiger partial charge in [0.15, 0.2) is 0 Å². The fourth-order valence-electron chi connectivity index (χ4n) is 3.74. The Morgan fingerprint density at radius 1 is 1.24 bits per heavy atom. The van der Waals surface area contributed by atoms with Gasteiger partial charge in [-0.1, -0.05) is 6.42 Å². The molecule has 0 amide bonds. The summed E-state index contributed by atoms with van der Waals surface area (Å²) in [6.07, 6.45) is 5.01. The van der Waals surface area contributed by atoms with Crippen LogP contribution in [0.4, 0.5) is 0 Å². The molecule has 0 bridgehead atoms. The van der Waals surface area contributed by atoms with Gasteiger partial charge < -0.3 is 10.5 Å². The van der Waals surface area contributed by atoms with Crippen molar-refractivity contribution in [3.05, 3.63) is 0 Å². The average molecular weight is 240 g/mol. The first-order valence-corrected chi connectivity index (χ1v) is 7.02. The van der Waals surface area contributed by atoms with Gasteiger partial charge in [0.05, 0.1) is 11.2 Å². The van der Waals surface area contributed by atoms with E-state index >= 15 is 0 Å². The molecule has 2 unspecified atom stereocenters. The minimum absolute atomic E-state index is 0.00472. The number of likely N-dealkylation sites (tertiary alicyclic amines) is 1. The summed E-state index contributed by atoms with van der Waals surface area (Å²) in [5.41, 5.74) is 5.89. The Morgan fingerprint density at radius 3 is 2.47 bits per heavy atom. The molecule has 2 N–H and O–H groups in total. The first-order valence-electron chi connectivity index (χ1n) is 7.02. The third-order valence-electron chi connectivity index (χ3n) is 4.37. The second-order valence-corrected chi connectivity index (χ2v) is 6.81. The minimum atomic E-state index is -0.0474. The van der Waals surface area contributed by atoms with Crippen LogP contribution in [0.2, 0.25) is 0 Å². The van der Waals surface area contributed by atoms with E-state index in [1.807, 2.05) is 0 Å². The van der Waals surface area contributed by atoms with Crippen LogP contribution in [0.3, 0.4) is 0 Å². The van der Waals surface area contributed by atoms with Gasteiger partial charge in [-0.05, 0) is 53.5 Å². The molecule has 0 saturated carbocycles. The Balaban J connectivity index is 2.15. The first-order chi connectivity index (χ1) is 7.86. The number of hydrogen-bond acceptors (Lipinski definition) is 3. The molecule has 100 valence electrons. The van der Waals surface area contributed by atoms with E-state index < -0.39 is 0 Å². The molecule has 2 heterocycles. The van der Waals surface area contributed by atoms with Crippen LogP contribution in [0.15, 0.2) is 0 Å². The SMILES string of the molecule is CC1(C)CC(N2CCCCC2CN)C(C)(C)O1. The van der Waals surface area contributed by atoms with Crippen LogP contribution in [0, 0.1) is 0 Å². The van der Waals surface area contributed by atoms with Gasteiger partial charge in [-0.25, -0.2) is 0 Å². The maximum atomic E-state index is 6.21. The molecule has 2 aliphatic heterocycles. The van der Waals surface area contributed by atoms with E-state index in [1.54, 1.807) is 0 Å². The molecule has 0 aromatic heterocycles. The molecular weight excluding hydrogens is 212 g/mol. The second kappa shape index (κ2) is 4.52. The highest BCUT2D eigenvalue weighted by Gasteiger charge is 2.49. The summed E-state index contributed by atoms with van der Waals surface area (Å²) in [7, 11) is 0. The predicted molar refractivity (Wildman–Crippen MR) is 71.0 cm³/mol. The molecular formula is C14H28N2O. The Kier molecular flexibility index (Phi) is 3.54. The lowest BCUT2D eigenvalue weighted by molar-refractivity contribution is -0.0861. The summed E-state index contributed by atoms with van der Waals surface area (Å²) in [5.74, 6) is 0. The number of piperidine rings is 1. The van der Waals surface area contributed by atoms with Crippen LogP contribution in [0.1, 0.15) is 53.4 Å². The summed E-state index contributed by atoms with van der Waals surface area (Å²) in [5, 5.41) is 0. The maximum absolute atomic E-state index is 6.21. The van der Waals surface area contributed by atoms with Crippen molar-refractivity contribution in [1.82, 2.24) is 4.90 Å². The third kappa shape index (κ3) is 2.67. The zero-order chi connectivity index (χ0) is 12.7. The molecule has 0 aliphatic carbocycles. The monoisotopic (exact) mass is 240 g/mol. The van der Waals surface area contributed by atoms with Gasteiger partial charge in [0.25, 0.3) is 0 Å². The van der Waals surface area contributed by atoms with Crippen LogP contribution in [-0.4, -0.2) is 41.3 Å². The van der Waals surface area contributed by atoms with Gasteiger partial charge in [-0.3, -0.25) is 4.90 Å². The van der Waals surface area contributed by atoms with Crippen molar-refractivity contribution in [1.29, 1.82) is 0 Å². The summed E-state index contributed by atoms with van der Waals surface area (Å²) < 4.78 is 6.21. The number of ether oxygens (including phenoxy) is 1. The molecule has 2 fully saturated rings. The molecule has 3 nitrogen and oxygen atoms in total. The quantitative estimate of drug-likeness (QED) is 0.804. The molecule has 0 spiro atoms. The Bertz CT molecular complexity index is 275. The predicted octanol–water partition coefficient (Wildman–Crippen LogP) is 2.15. The van der Waals surface area contributed by atoms with E-state index in [-0.39, 0.29) is 11.2 Å². The van der Waals surface area contributed by atoms with Crippen molar-refractivity contribution in [2.24, 2.45) is 5.73 Å². The highest BCUT2D eigenvalue weighted by molar-refractivity contribution is 5.02. The largest absolute Gasteiger partial charge is 0.368 e. The lowest BCUT2D eigenvalue weighted by Crippen LogP contribution is -2.55. The van der Waals surface area contributed by atoms with Crippen molar-refractivity contribution in [2.45, 2.75) is 76.7 Å². The Hall–Kier alpha value is -0.120. The summed E-state index contributed by atoms with van der Waals surface area (Å²) in [6, 6.07) is 1.08. The van der Waals surface area contributed by atoms with Crippen LogP contribution in [-0.2, 0) is 4.74 Å².